The summed E-state index contributed by atoms with van der Waals surface area (Å²) in [6, 6.07) is 50.6. The number of nitrogens with zero attached hydrogens (tertiary/aromatic N) is 2. The van der Waals surface area contributed by atoms with Crippen LogP contribution in [0.3, 0.4) is 0 Å². The van der Waals surface area contributed by atoms with Crippen LogP contribution >= 0.6 is 34.0 Å². The molecule has 14 nitrogen and oxygen atoms in total. The Morgan fingerprint density at radius 3 is 0.877 bits per heavy atom. The number of carbonyl (C=O) groups excluding carboxylic acids is 4. The molecule has 11 aromatic rings. The summed E-state index contributed by atoms with van der Waals surface area (Å²) in [5, 5.41) is 0.0516. The number of carbonyl (C=O) groups is 4. The van der Waals surface area contributed by atoms with Crippen LogP contribution in [0.15, 0.2) is 211 Å². The summed E-state index contributed by atoms with van der Waals surface area (Å²) in [5.41, 5.74) is -5.82. The van der Waals surface area contributed by atoms with Crippen molar-refractivity contribution in [3.05, 3.63) is 278 Å². The van der Waals surface area contributed by atoms with Crippen LogP contribution in [-0.2, 0) is 75.4 Å². The average Bonchev–Trinajstić information content (AvgIpc) is 3.29. The van der Waals surface area contributed by atoms with E-state index in [4.69, 9.17) is 18.9 Å². The van der Waals surface area contributed by atoms with Gasteiger partial charge < -0.3 is 18.9 Å². The van der Waals surface area contributed by atoms with E-state index in [9.17, 15) is 19.2 Å². The van der Waals surface area contributed by atoms with Crippen molar-refractivity contribution in [3.8, 4) is 19.5 Å². The van der Waals surface area contributed by atoms with E-state index in [2.05, 4.69) is 9.98 Å². The number of benzene rings is 6. The lowest BCUT2D eigenvalue weighted by Crippen LogP contribution is -2.50. The zero-order valence-electron chi connectivity index (χ0n) is 42.2. The van der Waals surface area contributed by atoms with Gasteiger partial charge in [-0.1, -0.05) is 170 Å². The molecule has 0 saturated carbocycles. The Hall–Kier alpha value is -9.68. The van der Waals surface area contributed by atoms with Gasteiger partial charge in [-0.15, -0.1) is 34.0 Å². The van der Waals surface area contributed by atoms with E-state index < -0.39 is 56.4 Å². The van der Waals surface area contributed by atoms with Crippen molar-refractivity contribution in [1.82, 2.24) is 0 Å². The molecular formula is C64H38N2O12S3. The molecule has 0 fully saturated rings. The highest BCUT2D eigenvalue weighted by Gasteiger charge is 2.69. The van der Waals surface area contributed by atoms with E-state index in [1.165, 1.54) is 36.4 Å². The van der Waals surface area contributed by atoms with E-state index in [0.717, 1.165) is 34.0 Å². The molecule has 13 rings (SSSR count). The second-order valence-electron chi connectivity index (χ2n) is 19.2. The zero-order valence-corrected chi connectivity index (χ0v) is 44.6. The van der Waals surface area contributed by atoms with E-state index in [1.807, 2.05) is 0 Å². The van der Waals surface area contributed by atoms with Crippen molar-refractivity contribution in [3.63, 3.8) is 0 Å². The van der Waals surface area contributed by atoms with Crippen molar-refractivity contribution in [1.29, 1.82) is 0 Å². The molecule has 0 saturated heterocycles. The van der Waals surface area contributed by atoms with E-state index in [1.54, 1.807) is 146 Å². The Morgan fingerprint density at radius 1 is 0.346 bits per heavy atom. The van der Waals surface area contributed by atoms with E-state index in [0.29, 0.717) is 22.3 Å². The zero-order chi connectivity index (χ0) is 55.6. The van der Waals surface area contributed by atoms with Gasteiger partial charge in [-0.05, 0) is 34.4 Å². The molecule has 0 N–H and O–H groups in total. The highest BCUT2D eigenvalue weighted by atomic mass is 32.1. The molecule has 3 aromatic heterocycles. The first-order valence-electron chi connectivity index (χ1n) is 25.3. The summed E-state index contributed by atoms with van der Waals surface area (Å²) in [5.74, 6) is -4.59. The summed E-state index contributed by atoms with van der Waals surface area (Å²) in [7, 11) is 0. The van der Waals surface area contributed by atoms with Crippen molar-refractivity contribution in [2.75, 3.05) is 0 Å². The number of esters is 4. The van der Waals surface area contributed by atoms with Crippen LogP contribution in [0, 0.1) is 0 Å². The fourth-order valence-electron chi connectivity index (χ4n) is 10.7. The highest BCUT2D eigenvalue weighted by molar-refractivity contribution is 7.29. The van der Waals surface area contributed by atoms with Crippen LogP contribution in [0.5, 0.6) is 0 Å². The maximum atomic E-state index is 16.0. The molecule has 0 unspecified atom stereocenters. The molecule has 0 aliphatic heterocycles. The quantitative estimate of drug-likeness (QED) is 0.0569. The van der Waals surface area contributed by atoms with Crippen molar-refractivity contribution in [2.24, 2.45) is 9.98 Å². The third kappa shape index (κ3) is 8.18. The molecule has 0 amide bonds. The molecule has 81 heavy (non-hydrogen) atoms. The van der Waals surface area contributed by atoms with Gasteiger partial charge in [0.2, 0.25) is 32.5 Å². The molecule has 0 radical (unpaired) electrons. The molecule has 17 heteroatoms. The standard InChI is InChI=1S/C64H38N2O12S3/c67-51-39-25-13-14-26-40(39)52(68)49(51)65-45-29-43-55(79-45)57-47(63(43,59(71)75-31-35-17-5-1-6-18-35)60(72)76-32-36-19-7-2-8-20-36)48-58(81-57)56-44(30-46(80-56)66-50-53(69)41-27-15-16-28-42(41)54(50)70)64(48,61(73)77-33-37-21-9-3-10-22-37)62(74)78-34-38-23-11-4-12-24-38/h1-30H,31-34H2. The van der Waals surface area contributed by atoms with Gasteiger partial charge >= 0.3 is 23.9 Å². The minimum atomic E-state index is -2.67. The lowest BCUT2D eigenvalue weighted by molar-refractivity contribution is -0.167. The fraction of sp³-hybridized carbons (Fsp3) is 0.0938. The van der Waals surface area contributed by atoms with Gasteiger partial charge in [0.15, 0.2) is 10.7 Å². The SMILES string of the molecule is O=C(OCc1ccccc1)C1(C(=O)OCc2ccccc2)c2cc(N=c3c(=O)c4ccccc4c3=O)sc2-c2sc3c(c21)C(C(=O)OCc1ccccc1)(C(=O)OCc1ccccc1)c1cc(N=c2c(=O)c4ccccc4c2=O)sc1-3. The summed E-state index contributed by atoms with van der Waals surface area (Å²) >= 11 is 2.98. The van der Waals surface area contributed by atoms with Gasteiger partial charge in [0.05, 0.1) is 19.5 Å². The largest absolute Gasteiger partial charge is 0.459 e. The molecule has 0 spiro atoms. The van der Waals surface area contributed by atoms with Gasteiger partial charge in [0, 0.05) is 43.8 Å². The van der Waals surface area contributed by atoms with Crippen LogP contribution in [0.1, 0.15) is 44.5 Å². The summed E-state index contributed by atoms with van der Waals surface area (Å²) in [6.07, 6.45) is 0. The Balaban J connectivity index is 1.10. The van der Waals surface area contributed by atoms with Crippen molar-refractivity contribution >= 4 is 89.4 Å². The molecule has 8 aromatic carbocycles. The third-order valence-electron chi connectivity index (χ3n) is 14.5. The summed E-state index contributed by atoms with van der Waals surface area (Å²) < 4.78 is 25.1. The maximum Gasteiger partial charge on any atom is 0.333 e. The number of fused-ring (bicyclic) bond motifs is 9. The summed E-state index contributed by atoms with van der Waals surface area (Å²) in [4.78, 5) is 130. The topological polar surface area (TPSA) is 198 Å². The van der Waals surface area contributed by atoms with Crippen LogP contribution < -0.4 is 32.4 Å². The van der Waals surface area contributed by atoms with Gasteiger partial charge in [-0.3, -0.25) is 38.4 Å². The van der Waals surface area contributed by atoms with E-state index >= 15 is 19.2 Å². The third-order valence-corrected chi connectivity index (χ3v) is 18.1. The Bertz CT molecular complexity index is 4210. The first-order valence-corrected chi connectivity index (χ1v) is 27.8. The molecule has 394 valence electrons. The van der Waals surface area contributed by atoms with Crippen LogP contribution in [-0.4, -0.2) is 23.9 Å². The smallest absolute Gasteiger partial charge is 0.333 e. The van der Waals surface area contributed by atoms with Crippen LogP contribution in [0.4, 0.5) is 10.0 Å². The molecule has 3 heterocycles. The average molecular weight is 1120 g/mol. The second-order valence-corrected chi connectivity index (χ2v) is 22.3. The second kappa shape index (κ2) is 20.2. The highest BCUT2D eigenvalue weighted by Crippen LogP contribution is 2.68. The Kier molecular flexibility index (Phi) is 12.7. The Labute approximate surface area is 469 Å². The normalized spacial score (nSPS) is 13.2. The molecule has 0 bridgehead atoms. The van der Waals surface area contributed by atoms with Gasteiger partial charge in [-0.2, -0.15) is 0 Å². The molecule has 0 atom stereocenters. The minimum absolute atomic E-state index is 0.00759. The maximum absolute atomic E-state index is 16.0. The first-order chi connectivity index (χ1) is 39.5. The molecular weight excluding hydrogens is 1080 g/mol. The van der Waals surface area contributed by atoms with Crippen LogP contribution in [0.2, 0.25) is 0 Å². The predicted molar refractivity (Wildman–Crippen MR) is 306 cm³/mol. The number of ether oxygens (including phenoxy) is 4. The van der Waals surface area contributed by atoms with Crippen molar-refractivity contribution in [2.45, 2.75) is 37.3 Å². The Morgan fingerprint density at radius 2 is 0.605 bits per heavy atom. The number of rotatable bonds is 14. The minimum Gasteiger partial charge on any atom is -0.459 e. The van der Waals surface area contributed by atoms with E-state index in [-0.39, 0.29) is 110 Å². The number of thiophene rings is 3. The summed E-state index contributed by atoms with van der Waals surface area (Å²) in [6.45, 7) is -1.36. The van der Waals surface area contributed by atoms with Gasteiger partial charge in [0.25, 0.3) is 0 Å². The fourth-order valence-corrected chi connectivity index (χ4v) is 14.6. The molecule has 2 aliphatic rings. The van der Waals surface area contributed by atoms with Crippen molar-refractivity contribution < 1.29 is 38.1 Å². The lowest BCUT2D eigenvalue weighted by Gasteiger charge is -2.32. The van der Waals surface area contributed by atoms with Gasteiger partial charge in [0.1, 0.15) is 36.4 Å². The molecule has 2 aliphatic carbocycles. The number of hydrogen-bond donors (Lipinski definition) is 0. The number of hydrogen-bond acceptors (Lipinski definition) is 17. The predicted octanol–water partition coefficient (Wildman–Crippen LogP) is 9.34. The van der Waals surface area contributed by atoms with Gasteiger partial charge in [-0.25, -0.2) is 9.98 Å². The first kappa shape index (κ1) is 50.8. The lowest BCUT2D eigenvalue weighted by atomic mass is 9.70. The monoisotopic (exact) mass is 1120 g/mol. The van der Waals surface area contributed by atoms with Crippen LogP contribution in [0.25, 0.3) is 41.1 Å².